The average Bonchev–Trinajstić information content (AvgIpc) is 2.45. The molecule has 1 rings (SSSR count). The molecule has 0 fully saturated rings. The van der Waals surface area contributed by atoms with Gasteiger partial charge in [0.1, 0.15) is 5.82 Å². The highest BCUT2D eigenvalue weighted by Crippen LogP contribution is 2.13. The van der Waals surface area contributed by atoms with E-state index in [1.165, 1.54) is 6.42 Å². The second-order valence-electron chi connectivity index (χ2n) is 3.09. The largest absolute Gasteiger partial charge is 0.344 e. The molecule has 1 aromatic rings. The molecule has 0 saturated heterocycles. The van der Waals surface area contributed by atoms with Gasteiger partial charge in [-0.1, -0.05) is 24.9 Å². The van der Waals surface area contributed by atoms with E-state index >= 15 is 0 Å². The van der Waals surface area contributed by atoms with E-state index in [-0.39, 0.29) is 0 Å². The molecule has 2 N–H and O–H groups in total. The van der Waals surface area contributed by atoms with Crippen LogP contribution in [-0.2, 0) is 13.0 Å². The molecule has 1 heterocycles. The molecule has 1 aromatic heterocycles. The van der Waals surface area contributed by atoms with Gasteiger partial charge in [0, 0.05) is 13.0 Å². The van der Waals surface area contributed by atoms with E-state index in [0.29, 0.717) is 5.15 Å². The predicted octanol–water partition coefficient (Wildman–Crippen LogP) is 2.13. The molecular formula is C9H16ClN3. The van der Waals surface area contributed by atoms with Crippen LogP contribution in [0.4, 0.5) is 0 Å². The Hall–Kier alpha value is -0.540. The molecule has 0 bridgehead atoms. The molecule has 0 atom stereocenters. The zero-order chi connectivity index (χ0) is 9.68. The summed E-state index contributed by atoms with van der Waals surface area (Å²) < 4.78 is 0. The van der Waals surface area contributed by atoms with E-state index in [9.17, 15) is 0 Å². The third-order valence-corrected chi connectivity index (χ3v) is 2.21. The van der Waals surface area contributed by atoms with Crippen molar-refractivity contribution in [2.24, 2.45) is 0 Å². The van der Waals surface area contributed by atoms with Gasteiger partial charge >= 0.3 is 0 Å². The first-order valence-corrected chi connectivity index (χ1v) is 5.03. The third-order valence-electron chi connectivity index (χ3n) is 1.90. The van der Waals surface area contributed by atoms with Crippen molar-refractivity contribution in [3.05, 3.63) is 16.7 Å². The van der Waals surface area contributed by atoms with Crippen LogP contribution in [-0.4, -0.2) is 17.0 Å². The lowest BCUT2D eigenvalue weighted by molar-refractivity contribution is 0.751. The van der Waals surface area contributed by atoms with Crippen LogP contribution < -0.4 is 5.32 Å². The van der Waals surface area contributed by atoms with Crippen molar-refractivity contribution < 1.29 is 0 Å². The molecule has 0 unspecified atom stereocenters. The minimum atomic E-state index is 0.598. The standard InChI is InChI=1S/C9H16ClN3/c1-3-4-5-8-12-7(6-11-2)9(10)13-8/h11H,3-6H2,1-2H3,(H,12,13). The minimum Gasteiger partial charge on any atom is -0.344 e. The minimum absolute atomic E-state index is 0.598. The Kier molecular flexibility index (Phi) is 4.25. The summed E-state index contributed by atoms with van der Waals surface area (Å²) in [6.07, 6.45) is 3.32. The number of hydrogen-bond acceptors (Lipinski definition) is 2. The number of hydrogen-bond donors (Lipinski definition) is 2. The van der Waals surface area contributed by atoms with Gasteiger partial charge in [-0.3, -0.25) is 0 Å². The zero-order valence-electron chi connectivity index (χ0n) is 8.15. The fraction of sp³-hybridized carbons (Fsp3) is 0.667. The summed E-state index contributed by atoms with van der Waals surface area (Å²) in [7, 11) is 1.89. The van der Waals surface area contributed by atoms with Gasteiger partial charge < -0.3 is 10.3 Å². The maximum Gasteiger partial charge on any atom is 0.151 e. The van der Waals surface area contributed by atoms with Gasteiger partial charge in [0.15, 0.2) is 5.15 Å². The van der Waals surface area contributed by atoms with Crippen LogP contribution in [0.2, 0.25) is 5.15 Å². The first-order chi connectivity index (χ1) is 6.27. The maximum atomic E-state index is 5.92. The first-order valence-electron chi connectivity index (χ1n) is 4.65. The fourth-order valence-electron chi connectivity index (χ4n) is 1.20. The van der Waals surface area contributed by atoms with Crippen LogP contribution in [0.1, 0.15) is 31.3 Å². The fourth-order valence-corrected chi connectivity index (χ4v) is 1.41. The number of nitrogens with zero attached hydrogens (tertiary/aromatic N) is 1. The molecule has 0 amide bonds. The van der Waals surface area contributed by atoms with Crippen LogP contribution in [0.25, 0.3) is 0 Å². The molecule has 0 aliphatic heterocycles. The van der Waals surface area contributed by atoms with Gasteiger partial charge in [-0.2, -0.15) is 0 Å². The summed E-state index contributed by atoms with van der Waals surface area (Å²) in [5, 5.41) is 3.64. The second kappa shape index (κ2) is 5.25. The summed E-state index contributed by atoms with van der Waals surface area (Å²) in [6, 6.07) is 0. The summed E-state index contributed by atoms with van der Waals surface area (Å²) in [5.74, 6) is 0.997. The Balaban J connectivity index is 2.59. The number of nitrogens with one attached hydrogen (secondary N) is 2. The first kappa shape index (κ1) is 10.5. The third kappa shape index (κ3) is 3.01. The maximum absolute atomic E-state index is 5.92. The quantitative estimate of drug-likeness (QED) is 0.767. The molecule has 0 spiro atoms. The average molecular weight is 202 g/mol. The molecule has 0 aliphatic rings. The summed E-state index contributed by atoms with van der Waals surface area (Å²) in [6.45, 7) is 2.91. The molecule has 4 heteroatoms. The monoisotopic (exact) mass is 201 g/mol. The summed E-state index contributed by atoms with van der Waals surface area (Å²) in [5.41, 5.74) is 0.982. The van der Waals surface area contributed by atoms with Gasteiger partial charge in [-0.15, -0.1) is 0 Å². The van der Waals surface area contributed by atoms with E-state index in [4.69, 9.17) is 11.6 Å². The van der Waals surface area contributed by atoms with Crippen molar-refractivity contribution in [3.8, 4) is 0 Å². The molecule has 0 saturated carbocycles. The van der Waals surface area contributed by atoms with Crippen LogP contribution >= 0.6 is 11.6 Å². The van der Waals surface area contributed by atoms with E-state index in [1.807, 2.05) is 7.05 Å². The number of rotatable bonds is 5. The van der Waals surface area contributed by atoms with Gasteiger partial charge in [0.25, 0.3) is 0 Å². The number of aromatic nitrogens is 2. The lowest BCUT2D eigenvalue weighted by Crippen LogP contribution is -2.05. The molecule has 3 nitrogen and oxygen atoms in total. The molecule has 13 heavy (non-hydrogen) atoms. The van der Waals surface area contributed by atoms with Gasteiger partial charge in [0.2, 0.25) is 0 Å². The number of imidazole rings is 1. The predicted molar refractivity (Wildman–Crippen MR) is 55.0 cm³/mol. The summed E-state index contributed by atoms with van der Waals surface area (Å²) >= 11 is 5.92. The Morgan fingerprint density at radius 1 is 1.54 bits per heavy atom. The normalized spacial score (nSPS) is 10.7. The number of aromatic amines is 1. The Morgan fingerprint density at radius 2 is 2.31 bits per heavy atom. The van der Waals surface area contributed by atoms with Crippen molar-refractivity contribution in [1.82, 2.24) is 15.3 Å². The number of halogens is 1. The second-order valence-corrected chi connectivity index (χ2v) is 3.44. The number of aryl methyl sites for hydroxylation is 1. The van der Waals surface area contributed by atoms with Crippen molar-refractivity contribution in [1.29, 1.82) is 0 Å². The van der Waals surface area contributed by atoms with E-state index in [2.05, 4.69) is 22.2 Å². The lowest BCUT2D eigenvalue weighted by Gasteiger charge is -1.94. The Labute approximate surface area is 83.9 Å². The Bertz CT molecular complexity index is 257. The topological polar surface area (TPSA) is 40.7 Å². The van der Waals surface area contributed by atoms with Crippen molar-refractivity contribution in [3.63, 3.8) is 0 Å². The van der Waals surface area contributed by atoms with Gasteiger partial charge in [-0.05, 0) is 13.5 Å². The van der Waals surface area contributed by atoms with Crippen molar-refractivity contribution in [2.45, 2.75) is 32.7 Å². The SMILES string of the molecule is CCCCc1nc(Cl)c(CNC)[nH]1. The van der Waals surface area contributed by atoms with Crippen molar-refractivity contribution >= 4 is 11.6 Å². The highest BCUT2D eigenvalue weighted by atomic mass is 35.5. The van der Waals surface area contributed by atoms with E-state index in [0.717, 1.165) is 30.9 Å². The van der Waals surface area contributed by atoms with Crippen LogP contribution in [0.5, 0.6) is 0 Å². The number of unbranched alkanes of at least 4 members (excludes halogenated alkanes) is 1. The molecule has 74 valence electrons. The highest BCUT2D eigenvalue weighted by molar-refractivity contribution is 6.30. The van der Waals surface area contributed by atoms with Gasteiger partial charge in [-0.25, -0.2) is 4.98 Å². The van der Waals surface area contributed by atoms with Crippen LogP contribution in [0, 0.1) is 0 Å². The molecule has 0 aromatic carbocycles. The molecule has 0 radical (unpaired) electrons. The lowest BCUT2D eigenvalue weighted by atomic mass is 10.2. The molecular weight excluding hydrogens is 186 g/mol. The van der Waals surface area contributed by atoms with Crippen molar-refractivity contribution in [2.75, 3.05) is 7.05 Å². The van der Waals surface area contributed by atoms with Gasteiger partial charge in [0.05, 0.1) is 5.69 Å². The van der Waals surface area contributed by atoms with Crippen LogP contribution in [0.3, 0.4) is 0 Å². The smallest absolute Gasteiger partial charge is 0.151 e. The Morgan fingerprint density at radius 3 is 2.92 bits per heavy atom. The van der Waals surface area contributed by atoms with E-state index in [1.54, 1.807) is 0 Å². The molecule has 0 aliphatic carbocycles. The zero-order valence-corrected chi connectivity index (χ0v) is 8.91. The van der Waals surface area contributed by atoms with Crippen LogP contribution in [0.15, 0.2) is 0 Å². The highest BCUT2D eigenvalue weighted by Gasteiger charge is 2.05. The summed E-state index contributed by atoms with van der Waals surface area (Å²) in [4.78, 5) is 7.45. The number of H-pyrrole nitrogens is 1. The van der Waals surface area contributed by atoms with E-state index < -0.39 is 0 Å².